The van der Waals surface area contributed by atoms with Gasteiger partial charge in [0.25, 0.3) is 0 Å². The molecule has 0 aromatic rings. The Balaban J connectivity index is 2.36. The second kappa shape index (κ2) is 5.82. The Morgan fingerprint density at radius 1 is 1.41 bits per heavy atom. The number of rotatable bonds is 2. The molecule has 0 aliphatic carbocycles. The number of nitrogens with zero attached hydrogens (tertiary/aromatic N) is 1. The summed E-state index contributed by atoms with van der Waals surface area (Å²) in [6.07, 6.45) is 1.15. The Hall–Kier alpha value is -0.620. The molecule has 1 fully saturated rings. The summed E-state index contributed by atoms with van der Waals surface area (Å²) >= 11 is -1.99. The minimum absolute atomic E-state index is 0.173. The van der Waals surface area contributed by atoms with E-state index < -0.39 is 16.7 Å². The summed E-state index contributed by atoms with van der Waals surface area (Å²) in [5.74, 6) is 0.370. The molecule has 5 nitrogen and oxygen atoms in total. The van der Waals surface area contributed by atoms with Crippen LogP contribution >= 0.6 is 0 Å². The van der Waals surface area contributed by atoms with Gasteiger partial charge in [-0.3, -0.25) is 4.21 Å². The third kappa shape index (κ3) is 5.50. The van der Waals surface area contributed by atoms with Crippen molar-refractivity contribution < 1.29 is 18.3 Å². The molecular weight excluding hydrogens is 242 g/mol. The van der Waals surface area contributed by atoms with Gasteiger partial charge in [-0.25, -0.2) is 4.79 Å². The first-order chi connectivity index (χ1) is 7.78. The maximum Gasteiger partial charge on any atom is 0.410 e. The van der Waals surface area contributed by atoms with Gasteiger partial charge in [0.15, 0.2) is 0 Å². The predicted octanol–water partition coefficient (Wildman–Crippen LogP) is 1.51. The average Bonchev–Trinajstić information content (AvgIpc) is 2.15. The van der Waals surface area contributed by atoms with E-state index in [1.165, 1.54) is 0 Å². The Kier molecular flexibility index (Phi) is 4.94. The van der Waals surface area contributed by atoms with Gasteiger partial charge in [-0.2, -0.15) is 0 Å². The van der Waals surface area contributed by atoms with Gasteiger partial charge in [0.1, 0.15) is 5.60 Å². The lowest BCUT2D eigenvalue weighted by atomic mass is 9.99. The zero-order valence-corrected chi connectivity index (χ0v) is 11.4. The highest BCUT2D eigenvalue weighted by molar-refractivity contribution is 7.79. The topological polar surface area (TPSA) is 69.7 Å². The largest absolute Gasteiger partial charge is 0.772 e. The van der Waals surface area contributed by atoms with Crippen molar-refractivity contribution in [2.45, 2.75) is 39.2 Å². The van der Waals surface area contributed by atoms with Gasteiger partial charge < -0.3 is 14.2 Å². The quantitative estimate of drug-likeness (QED) is 0.707. The Morgan fingerprint density at radius 2 is 1.94 bits per heavy atom. The van der Waals surface area contributed by atoms with Crippen molar-refractivity contribution in [1.82, 2.24) is 4.90 Å². The fourth-order valence-corrected chi connectivity index (χ4v) is 2.52. The number of likely N-dealkylation sites (tertiary alicyclic amines) is 1. The van der Waals surface area contributed by atoms with Crippen LogP contribution in [0.2, 0.25) is 0 Å². The van der Waals surface area contributed by atoms with Crippen molar-refractivity contribution in [3.63, 3.8) is 0 Å². The molecule has 0 aromatic heterocycles. The van der Waals surface area contributed by atoms with Crippen LogP contribution in [0.15, 0.2) is 0 Å². The molecule has 6 heteroatoms. The molecule has 1 heterocycles. The van der Waals surface area contributed by atoms with Crippen LogP contribution in [0.25, 0.3) is 0 Å². The van der Waals surface area contributed by atoms with Crippen LogP contribution < -0.4 is 0 Å². The fourth-order valence-electron chi connectivity index (χ4n) is 1.80. The molecule has 0 spiro atoms. The van der Waals surface area contributed by atoms with E-state index in [-0.39, 0.29) is 17.8 Å². The van der Waals surface area contributed by atoms with Crippen molar-refractivity contribution in [1.29, 1.82) is 0 Å². The molecule has 1 aliphatic rings. The maximum absolute atomic E-state index is 11.7. The number of carbonyl (C=O) groups excluding carboxylic acids is 1. The van der Waals surface area contributed by atoms with Crippen LogP contribution in [-0.2, 0) is 15.8 Å². The van der Waals surface area contributed by atoms with Gasteiger partial charge in [0.2, 0.25) is 0 Å². The molecule has 0 N–H and O–H groups in total. The number of piperidine rings is 1. The van der Waals surface area contributed by atoms with Gasteiger partial charge in [0.05, 0.1) is 0 Å². The zero-order valence-electron chi connectivity index (χ0n) is 10.6. The van der Waals surface area contributed by atoms with Crippen LogP contribution in [0.3, 0.4) is 0 Å². The number of ether oxygens (including phenoxy) is 1. The monoisotopic (exact) mass is 262 g/mol. The molecule has 0 aromatic carbocycles. The van der Waals surface area contributed by atoms with E-state index in [1.807, 2.05) is 20.8 Å². The Bertz CT molecular complexity index is 292. The summed E-state index contributed by atoms with van der Waals surface area (Å²) < 4.78 is 26.4. The first kappa shape index (κ1) is 14.4. The van der Waals surface area contributed by atoms with E-state index in [2.05, 4.69) is 0 Å². The average molecular weight is 262 g/mol. The highest BCUT2D eigenvalue weighted by atomic mass is 32.2. The standard InChI is InChI=1S/C11H21NO4S/c1-11(2,3)16-10(13)12-6-4-9(5-7-12)8-17(14)15/h9H,4-8H2,1-3H3,(H,14,15)/p-1. The normalized spacial score (nSPS) is 20.1. The fraction of sp³-hybridized carbons (Fsp3) is 0.909. The molecule has 100 valence electrons. The molecule has 1 rings (SSSR count). The van der Waals surface area contributed by atoms with Crippen molar-refractivity contribution >= 4 is 17.2 Å². The molecule has 0 radical (unpaired) electrons. The first-order valence-electron chi connectivity index (χ1n) is 5.82. The summed E-state index contributed by atoms with van der Waals surface area (Å²) in [6, 6.07) is 0. The molecule has 1 saturated heterocycles. The van der Waals surface area contributed by atoms with Crippen LogP contribution in [0.4, 0.5) is 4.79 Å². The molecule has 0 saturated carbocycles. The summed E-state index contributed by atoms with van der Waals surface area (Å²) in [4.78, 5) is 13.4. The van der Waals surface area contributed by atoms with Gasteiger partial charge in [-0.1, -0.05) is 11.1 Å². The first-order valence-corrected chi connectivity index (χ1v) is 7.06. The van der Waals surface area contributed by atoms with Crippen molar-refractivity contribution in [3.8, 4) is 0 Å². The van der Waals surface area contributed by atoms with Crippen molar-refractivity contribution in [2.24, 2.45) is 5.92 Å². The minimum Gasteiger partial charge on any atom is -0.772 e. The third-order valence-corrected chi connectivity index (χ3v) is 3.38. The highest BCUT2D eigenvalue weighted by Gasteiger charge is 2.26. The van der Waals surface area contributed by atoms with E-state index in [0.29, 0.717) is 13.1 Å². The maximum atomic E-state index is 11.7. The van der Waals surface area contributed by atoms with E-state index in [4.69, 9.17) is 4.74 Å². The Labute approximate surface area is 105 Å². The highest BCUT2D eigenvalue weighted by Crippen LogP contribution is 2.20. The van der Waals surface area contributed by atoms with Gasteiger partial charge in [0, 0.05) is 18.8 Å². The summed E-state index contributed by atoms with van der Waals surface area (Å²) in [6.45, 7) is 6.66. The van der Waals surface area contributed by atoms with Crippen LogP contribution in [0.5, 0.6) is 0 Å². The smallest absolute Gasteiger partial charge is 0.410 e. The molecule has 1 amide bonds. The second-order valence-corrected chi connectivity index (χ2v) is 6.32. The lowest BCUT2D eigenvalue weighted by Crippen LogP contribution is -2.42. The van der Waals surface area contributed by atoms with Crippen molar-refractivity contribution in [2.75, 3.05) is 18.8 Å². The summed E-state index contributed by atoms with van der Waals surface area (Å²) in [7, 11) is 0. The third-order valence-electron chi connectivity index (χ3n) is 2.64. The Morgan fingerprint density at radius 3 is 2.35 bits per heavy atom. The lowest BCUT2D eigenvalue weighted by molar-refractivity contribution is 0.0191. The number of hydrogen-bond donors (Lipinski definition) is 0. The van der Waals surface area contributed by atoms with Crippen LogP contribution in [0.1, 0.15) is 33.6 Å². The molecule has 1 aliphatic heterocycles. The van der Waals surface area contributed by atoms with Gasteiger partial charge in [-0.05, 0) is 39.5 Å². The predicted molar refractivity (Wildman–Crippen MR) is 64.3 cm³/mol. The van der Waals surface area contributed by atoms with E-state index in [9.17, 15) is 13.6 Å². The molecule has 17 heavy (non-hydrogen) atoms. The summed E-state index contributed by atoms with van der Waals surface area (Å²) in [5, 5.41) is 0. The molecule has 1 atom stereocenters. The van der Waals surface area contributed by atoms with E-state index in [0.717, 1.165) is 12.8 Å². The lowest BCUT2D eigenvalue weighted by Gasteiger charge is -2.33. The number of amides is 1. The van der Waals surface area contributed by atoms with Gasteiger partial charge in [-0.15, -0.1) is 0 Å². The number of hydrogen-bond acceptors (Lipinski definition) is 4. The van der Waals surface area contributed by atoms with Gasteiger partial charge >= 0.3 is 6.09 Å². The summed E-state index contributed by atoms with van der Waals surface area (Å²) in [5.41, 5.74) is -0.482. The number of carbonyl (C=O) groups is 1. The van der Waals surface area contributed by atoms with E-state index >= 15 is 0 Å². The SMILES string of the molecule is CC(C)(C)OC(=O)N1CCC(CS(=O)[O-])CC1. The minimum atomic E-state index is -1.99. The van der Waals surface area contributed by atoms with E-state index in [1.54, 1.807) is 4.90 Å². The molecule has 0 bridgehead atoms. The molecular formula is C11H20NO4S-. The zero-order chi connectivity index (χ0) is 13.1. The second-order valence-electron chi connectivity index (χ2n) is 5.38. The van der Waals surface area contributed by atoms with Crippen molar-refractivity contribution in [3.05, 3.63) is 0 Å². The molecule has 1 unspecified atom stereocenters. The van der Waals surface area contributed by atoms with Crippen LogP contribution in [-0.4, -0.2) is 44.2 Å². The van der Waals surface area contributed by atoms with Crippen LogP contribution in [0, 0.1) is 5.92 Å².